The summed E-state index contributed by atoms with van der Waals surface area (Å²) in [6, 6.07) is 12.0. The molecule has 7 nitrogen and oxygen atoms in total. The molecule has 0 bridgehead atoms. The van der Waals surface area contributed by atoms with Crippen LogP contribution in [0.25, 0.3) is 0 Å². The minimum atomic E-state index is 0.0890. The molecule has 0 atom stereocenters. The number of para-hydroxylation sites is 2. The lowest BCUT2D eigenvalue weighted by Crippen LogP contribution is -2.49. The van der Waals surface area contributed by atoms with Crippen LogP contribution < -0.4 is 19.1 Å². The molecular weight excluding hydrogens is 406 g/mol. The molecule has 0 N–H and O–H groups in total. The van der Waals surface area contributed by atoms with Crippen LogP contribution in [0.5, 0.6) is 17.2 Å². The summed E-state index contributed by atoms with van der Waals surface area (Å²) in [6.45, 7) is 6.25. The summed E-state index contributed by atoms with van der Waals surface area (Å²) in [5, 5.41) is 0. The van der Waals surface area contributed by atoms with E-state index in [1.807, 2.05) is 29.2 Å². The van der Waals surface area contributed by atoms with Crippen molar-refractivity contribution >= 4 is 11.6 Å². The molecule has 32 heavy (non-hydrogen) atoms. The number of amides is 1. The Morgan fingerprint density at radius 3 is 2.22 bits per heavy atom. The van der Waals surface area contributed by atoms with Gasteiger partial charge in [-0.15, -0.1) is 0 Å². The summed E-state index contributed by atoms with van der Waals surface area (Å²) in [5.41, 5.74) is 2.93. The summed E-state index contributed by atoms with van der Waals surface area (Å²) >= 11 is 0. The van der Waals surface area contributed by atoms with Gasteiger partial charge >= 0.3 is 0 Å². The minimum absolute atomic E-state index is 0.0890. The van der Waals surface area contributed by atoms with Crippen LogP contribution in [0.1, 0.15) is 22.3 Å². The molecule has 2 aromatic carbocycles. The number of methoxy groups -OCH3 is 3. The Hall–Kier alpha value is -2.93. The second-order valence-electron chi connectivity index (χ2n) is 8.26. The van der Waals surface area contributed by atoms with E-state index in [1.54, 1.807) is 21.3 Å². The zero-order chi connectivity index (χ0) is 22.5. The molecule has 0 spiro atoms. The topological polar surface area (TPSA) is 54.5 Å². The molecule has 2 aliphatic rings. The second kappa shape index (κ2) is 10.1. The van der Waals surface area contributed by atoms with Crippen molar-refractivity contribution in [3.05, 3.63) is 47.5 Å². The first kappa shape index (κ1) is 22.3. The Morgan fingerprint density at radius 1 is 0.812 bits per heavy atom. The third-order valence-electron chi connectivity index (χ3n) is 6.49. The fourth-order valence-electron chi connectivity index (χ4n) is 4.64. The largest absolute Gasteiger partial charge is 0.495 e. The van der Waals surface area contributed by atoms with Crippen molar-refractivity contribution < 1.29 is 19.0 Å². The molecule has 7 heteroatoms. The van der Waals surface area contributed by atoms with Gasteiger partial charge in [-0.3, -0.25) is 9.69 Å². The third kappa shape index (κ3) is 4.63. The predicted octanol–water partition coefficient (Wildman–Crippen LogP) is 2.92. The van der Waals surface area contributed by atoms with Crippen LogP contribution in [0.3, 0.4) is 0 Å². The van der Waals surface area contributed by atoms with Crippen LogP contribution in [0.4, 0.5) is 5.69 Å². The standard InChI is InChI=1S/C25H33N3O4/c1-30-22-9-5-4-8-21(22)27-14-11-26(12-15-27)13-16-28-10-6-7-19-17-23(31-2)24(32-3)18-20(19)25(28)29/h4-5,8-9,17-18H,6-7,10-16H2,1-3H3. The number of ether oxygens (including phenoxy) is 3. The van der Waals surface area contributed by atoms with Gasteiger partial charge in [0, 0.05) is 51.4 Å². The number of anilines is 1. The normalized spacial score (nSPS) is 17.0. The lowest BCUT2D eigenvalue weighted by molar-refractivity contribution is 0.0738. The van der Waals surface area contributed by atoms with Crippen LogP contribution in [-0.2, 0) is 6.42 Å². The molecule has 4 rings (SSSR count). The van der Waals surface area contributed by atoms with E-state index in [1.165, 1.54) is 0 Å². The summed E-state index contributed by atoms with van der Waals surface area (Å²) in [4.78, 5) is 20.1. The molecule has 0 aromatic heterocycles. The molecule has 0 radical (unpaired) electrons. The van der Waals surface area contributed by atoms with Gasteiger partial charge in [-0.25, -0.2) is 0 Å². The SMILES string of the molecule is COc1cc2c(cc1OC)C(=O)N(CCN1CCN(c3ccccc3OC)CC1)CCC2. The number of fused-ring (bicyclic) bond motifs is 1. The number of carbonyl (C=O) groups excluding carboxylic acids is 1. The highest BCUT2D eigenvalue weighted by atomic mass is 16.5. The average molecular weight is 440 g/mol. The monoisotopic (exact) mass is 439 g/mol. The maximum atomic E-state index is 13.3. The highest BCUT2D eigenvalue weighted by Crippen LogP contribution is 2.33. The Labute approximate surface area is 190 Å². The van der Waals surface area contributed by atoms with Crippen molar-refractivity contribution in [2.75, 3.05) is 72.0 Å². The van der Waals surface area contributed by atoms with E-state index in [9.17, 15) is 4.79 Å². The zero-order valence-corrected chi connectivity index (χ0v) is 19.3. The highest BCUT2D eigenvalue weighted by molar-refractivity contribution is 5.97. The van der Waals surface area contributed by atoms with Gasteiger partial charge in [0.1, 0.15) is 5.75 Å². The maximum Gasteiger partial charge on any atom is 0.254 e. The van der Waals surface area contributed by atoms with Crippen LogP contribution in [-0.4, -0.2) is 82.8 Å². The fraction of sp³-hybridized carbons (Fsp3) is 0.480. The smallest absolute Gasteiger partial charge is 0.254 e. The summed E-state index contributed by atoms with van der Waals surface area (Å²) < 4.78 is 16.4. The molecule has 0 saturated carbocycles. The molecular formula is C25H33N3O4. The van der Waals surface area contributed by atoms with Gasteiger partial charge in [0.05, 0.1) is 27.0 Å². The molecule has 1 amide bonds. The van der Waals surface area contributed by atoms with Crippen molar-refractivity contribution in [2.24, 2.45) is 0 Å². The lowest BCUT2D eigenvalue weighted by atomic mass is 10.0. The van der Waals surface area contributed by atoms with E-state index >= 15 is 0 Å². The van der Waals surface area contributed by atoms with Gasteiger partial charge < -0.3 is 24.0 Å². The van der Waals surface area contributed by atoms with E-state index in [-0.39, 0.29) is 5.91 Å². The van der Waals surface area contributed by atoms with Gasteiger partial charge in [0.2, 0.25) is 0 Å². The first-order valence-corrected chi connectivity index (χ1v) is 11.3. The van der Waals surface area contributed by atoms with E-state index in [0.29, 0.717) is 11.5 Å². The number of benzene rings is 2. The van der Waals surface area contributed by atoms with Crippen molar-refractivity contribution in [3.8, 4) is 17.2 Å². The van der Waals surface area contributed by atoms with Gasteiger partial charge in [-0.05, 0) is 42.7 Å². The van der Waals surface area contributed by atoms with Crippen molar-refractivity contribution in [1.29, 1.82) is 0 Å². The van der Waals surface area contributed by atoms with Crippen molar-refractivity contribution in [3.63, 3.8) is 0 Å². The van der Waals surface area contributed by atoms with Crippen LogP contribution in [0, 0.1) is 0 Å². The summed E-state index contributed by atoms with van der Waals surface area (Å²) in [7, 11) is 4.95. The number of nitrogens with zero attached hydrogens (tertiary/aromatic N) is 3. The van der Waals surface area contributed by atoms with Crippen LogP contribution in [0.15, 0.2) is 36.4 Å². The average Bonchev–Trinajstić information content (AvgIpc) is 3.00. The molecule has 0 aliphatic carbocycles. The number of hydrogen-bond acceptors (Lipinski definition) is 6. The molecule has 2 aliphatic heterocycles. The first-order chi connectivity index (χ1) is 15.6. The Bertz CT molecular complexity index is 941. The van der Waals surface area contributed by atoms with Gasteiger partial charge in [0.25, 0.3) is 5.91 Å². The fourth-order valence-corrected chi connectivity index (χ4v) is 4.64. The van der Waals surface area contributed by atoms with E-state index in [0.717, 1.165) is 81.2 Å². The first-order valence-electron chi connectivity index (χ1n) is 11.3. The van der Waals surface area contributed by atoms with Crippen LogP contribution >= 0.6 is 0 Å². The number of rotatable bonds is 7. The number of hydrogen-bond donors (Lipinski definition) is 0. The van der Waals surface area contributed by atoms with Crippen LogP contribution in [0.2, 0.25) is 0 Å². The van der Waals surface area contributed by atoms with Gasteiger partial charge in [0.15, 0.2) is 11.5 Å². The molecule has 2 aromatic rings. The molecule has 2 heterocycles. The predicted molar refractivity (Wildman–Crippen MR) is 125 cm³/mol. The third-order valence-corrected chi connectivity index (χ3v) is 6.49. The van der Waals surface area contributed by atoms with Gasteiger partial charge in [-0.2, -0.15) is 0 Å². The maximum absolute atomic E-state index is 13.3. The summed E-state index contributed by atoms with van der Waals surface area (Å²) in [5.74, 6) is 2.29. The number of aryl methyl sites for hydroxylation is 1. The van der Waals surface area contributed by atoms with E-state index < -0.39 is 0 Å². The second-order valence-corrected chi connectivity index (χ2v) is 8.26. The molecule has 1 saturated heterocycles. The van der Waals surface area contributed by atoms with Crippen molar-refractivity contribution in [2.45, 2.75) is 12.8 Å². The lowest BCUT2D eigenvalue weighted by Gasteiger charge is -2.37. The molecule has 1 fully saturated rings. The molecule has 172 valence electrons. The quantitative estimate of drug-likeness (QED) is 0.661. The van der Waals surface area contributed by atoms with E-state index in [4.69, 9.17) is 14.2 Å². The molecule has 0 unspecified atom stereocenters. The number of piperazine rings is 1. The van der Waals surface area contributed by atoms with Gasteiger partial charge in [-0.1, -0.05) is 12.1 Å². The Morgan fingerprint density at radius 2 is 1.50 bits per heavy atom. The Kier molecular flexibility index (Phi) is 7.05. The number of carbonyl (C=O) groups is 1. The highest BCUT2D eigenvalue weighted by Gasteiger charge is 2.26. The Balaban J connectivity index is 1.36. The van der Waals surface area contributed by atoms with Crippen molar-refractivity contribution in [1.82, 2.24) is 9.80 Å². The minimum Gasteiger partial charge on any atom is -0.495 e. The zero-order valence-electron chi connectivity index (χ0n) is 19.3. The van der Waals surface area contributed by atoms with E-state index in [2.05, 4.69) is 21.9 Å². The summed E-state index contributed by atoms with van der Waals surface area (Å²) in [6.07, 6.45) is 1.82.